The molecule has 1 saturated carbocycles. The number of likely N-dealkylation sites (N-methyl/N-ethyl adjacent to an activating group) is 1. The van der Waals surface area contributed by atoms with Crippen molar-refractivity contribution < 1.29 is 14.7 Å². The summed E-state index contributed by atoms with van der Waals surface area (Å²) in [5.41, 5.74) is -0.167. The zero-order valence-electron chi connectivity index (χ0n) is 11.3. The third kappa shape index (κ3) is 2.51. The van der Waals surface area contributed by atoms with Crippen LogP contribution in [0.15, 0.2) is 0 Å². The van der Waals surface area contributed by atoms with E-state index in [2.05, 4.69) is 13.8 Å². The number of carbonyl (C=O) groups excluding carboxylic acids is 1. The van der Waals surface area contributed by atoms with Crippen LogP contribution in [-0.4, -0.2) is 58.0 Å². The summed E-state index contributed by atoms with van der Waals surface area (Å²) in [6, 6.07) is -0.180. The molecule has 1 atom stereocenters. The van der Waals surface area contributed by atoms with Gasteiger partial charge in [0.2, 0.25) is 5.91 Å². The predicted molar refractivity (Wildman–Crippen MR) is 67.2 cm³/mol. The first kappa shape index (κ1) is 13.3. The molecule has 0 aromatic carbocycles. The van der Waals surface area contributed by atoms with Crippen molar-refractivity contribution >= 4 is 11.9 Å². The molecule has 1 amide bonds. The van der Waals surface area contributed by atoms with Gasteiger partial charge in [-0.2, -0.15) is 0 Å². The molecular formula is C13H22N2O3. The van der Waals surface area contributed by atoms with E-state index < -0.39 is 12.0 Å². The number of hydrogen-bond donors (Lipinski definition) is 1. The molecular weight excluding hydrogens is 232 g/mol. The van der Waals surface area contributed by atoms with Crippen LogP contribution in [0.1, 0.15) is 39.5 Å². The van der Waals surface area contributed by atoms with Crippen molar-refractivity contribution in [3.63, 3.8) is 0 Å². The molecule has 0 aromatic heterocycles. The normalized spacial score (nSPS) is 29.2. The number of aliphatic carboxylic acids is 1. The van der Waals surface area contributed by atoms with Gasteiger partial charge in [-0.25, -0.2) is 0 Å². The minimum Gasteiger partial charge on any atom is -0.481 e. The number of nitrogens with zero attached hydrogens (tertiary/aromatic N) is 2. The monoisotopic (exact) mass is 254 g/mol. The third-order valence-electron chi connectivity index (χ3n) is 4.06. The summed E-state index contributed by atoms with van der Waals surface area (Å²) in [4.78, 5) is 27.4. The van der Waals surface area contributed by atoms with Crippen LogP contribution in [0.5, 0.6) is 0 Å². The first-order chi connectivity index (χ1) is 8.33. The van der Waals surface area contributed by atoms with E-state index in [9.17, 15) is 9.59 Å². The van der Waals surface area contributed by atoms with Gasteiger partial charge in [0, 0.05) is 18.1 Å². The van der Waals surface area contributed by atoms with Crippen LogP contribution in [0.25, 0.3) is 0 Å². The molecule has 1 saturated heterocycles. The summed E-state index contributed by atoms with van der Waals surface area (Å²) in [6.07, 6.45) is 2.90. The van der Waals surface area contributed by atoms with E-state index >= 15 is 0 Å². The zero-order chi connectivity index (χ0) is 13.5. The molecule has 1 unspecified atom stereocenters. The van der Waals surface area contributed by atoms with Gasteiger partial charge in [0.1, 0.15) is 0 Å². The molecule has 1 aliphatic carbocycles. The van der Waals surface area contributed by atoms with Crippen molar-refractivity contribution in [2.24, 2.45) is 0 Å². The van der Waals surface area contributed by atoms with E-state index in [1.54, 1.807) is 0 Å². The third-order valence-corrected chi connectivity index (χ3v) is 4.06. The molecule has 5 heteroatoms. The Hall–Kier alpha value is -1.10. The molecule has 2 fully saturated rings. The van der Waals surface area contributed by atoms with Crippen molar-refractivity contribution in [1.29, 1.82) is 0 Å². The second-order valence-corrected chi connectivity index (χ2v) is 6.10. The number of carboxylic acid groups (broad SMARTS) is 1. The Bertz CT molecular complexity index is 363. The van der Waals surface area contributed by atoms with Crippen molar-refractivity contribution in [2.45, 2.75) is 57.2 Å². The SMILES string of the molecule is CN1CCC(C)(C)N(C2CC2)C(=O)C1CC(=O)O. The molecule has 0 bridgehead atoms. The van der Waals surface area contributed by atoms with Gasteiger partial charge in [0.25, 0.3) is 0 Å². The molecule has 1 N–H and O–H groups in total. The molecule has 0 radical (unpaired) electrons. The molecule has 5 nitrogen and oxygen atoms in total. The molecule has 0 aromatic rings. The van der Waals surface area contributed by atoms with Crippen LogP contribution in [0.3, 0.4) is 0 Å². The topological polar surface area (TPSA) is 60.9 Å². The van der Waals surface area contributed by atoms with Crippen molar-refractivity contribution in [3.05, 3.63) is 0 Å². The van der Waals surface area contributed by atoms with Crippen LogP contribution in [-0.2, 0) is 9.59 Å². The van der Waals surface area contributed by atoms with E-state index in [1.807, 2.05) is 16.8 Å². The molecule has 0 spiro atoms. The largest absolute Gasteiger partial charge is 0.481 e. The lowest BCUT2D eigenvalue weighted by Crippen LogP contribution is -2.52. The second-order valence-electron chi connectivity index (χ2n) is 6.10. The van der Waals surface area contributed by atoms with E-state index in [0.29, 0.717) is 6.04 Å². The Morgan fingerprint density at radius 2 is 2.06 bits per heavy atom. The number of carboxylic acids is 1. The van der Waals surface area contributed by atoms with Crippen LogP contribution in [0.2, 0.25) is 0 Å². The van der Waals surface area contributed by atoms with Crippen LogP contribution in [0.4, 0.5) is 0 Å². The Morgan fingerprint density at radius 1 is 1.44 bits per heavy atom. The Labute approximate surface area is 108 Å². The Morgan fingerprint density at radius 3 is 2.56 bits per heavy atom. The maximum atomic E-state index is 12.6. The molecule has 1 heterocycles. The van der Waals surface area contributed by atoms with Crippen molar-refractivity contribution in [2.75, 3.05) is 13.6 Å². The molecule has 2 aliphatic rings. The highest BCUT2D eigenvalue weighted by molar-refractivity contribution is 5.87. The standard InChI is InChI=1S/C13H22N2O3/c1-13(2)6-7-14(3)10(8-11(16)17)12(18)15(13)9-4-5-9/h9-10H,4-8H2,1-3H3,(H,16,17). The number of amides is 1. The summed E-state index contributed by atoms with van der Waals surface area (Å²) in [6.45, 7) is 4.93. The van der Waals surface area contributed by atoms with Crippen LogP contribution < -0.4 is 0 Å². The Kier molecular flexibility index (Phi) is 3.36. The highest BCUT2D eigenvalue weighted by atomic mass is 16.4. The highest BCUT2D eigenvalue weighted by Crippen LogP contribution is 2.37. The quantitative estimate of drug-likeness (QED) is 0.814. The van der Waals surface area contributed by atoms with Crippen LogP contribution in [0, 0.1) is 0 Å². The van der Waals surface area contributed by atoms with Gasteiger partial charge < -0.3 is 10.0 Å². The smallest absolute Gasteiger partial charge is 0.305 e. The summed E-state index contributed by atoms with van der Waals surface area (Å²) in [7, 11) is 1.85. The predicted octanol–water partition coefficient (Wildman–Crippen LogP) is 0.935. The summed E-state index contributed by atoms with van der Waals surface area (Å²) < 4.78 is 0. The number of hydrogen-bond acceptors (Lipinski definition) is 3. The Balaban J connectivity index is 2.25. The van der Waals surface area contributed by atoms with E-state index in [-0.39, 0.29) is 17.9 Å². The van der Waals surface area contributed by atoms with Crippen LogP contribution >= 0.6 is 0 Å². The zero-order valence-corrected chi connectivity index (χ0v) is 11.3. The average Bonchev–Trinajstić information content (AvgIpc) is 3.05. The highest BCUT2D eigenvalue weighted by Gasteiger charge is 2.46. The van der Waals surface area contributed by atoms with Crippen molar-refractivity contribution in [3.8, 4) is 0 Å². The summed E-state index contributed by atoms with van der Waals surface area (Å²) in [5.74, 6) is -0.916. The lowest BCUT2D eigenvalue weighted by Gasteiger charge is -2.38. The van der Waals surface area contributed by atoms with E-state index in [0.717, 1.165) is 25.8 Å². The number of carbonyl (C=O) groups is 2. The minimum atomic E-state index is -0.907. The first-order valence-electron chi connectivity index (χ1n) is 6.58. The molecule has 2 rings (SSSR count). The van der Waals surface area contributed by atoms with Gasteiger partial charge in [0.05, 0.1) is 12.5 Å². The first-order valence-corrected chi connectivity index (χ1v) is 6.58. The van der Waals surface area contributed by atoms with Gasteiger partial charge in [-0.15, -0.1) is 0 Å². The van der Waals surface area contributed by atoms with Gasteiger partial charge in [-0.1, -0.05) is 0 Å². The van der Waals surface area contributed by atoms with Gasteiger partial charge in [-0.05, 0) is 40.2 Å². The molecule has 1 aliphatic heterocycles. The average molecular weight is 254 g/mol. The lowest BCUT2D eigenvalue weighted by molar-refractivity contribution is -0.147. The summed E-state index contributed by atoms with van der Waals surface area (Å²) in [5, 5.41) is 8.97. The van der Waals surface area contributed by atoms with E-state index in [1.165, 1.54) is 0 Å². The van der Waals surface area contributed by atoms with Gasteiger partial charge in [0.15, 0.2) is 0 Å². The van der Waals surface area contributed by atoms with Gasteiger partial charge >= 0.3 is 5.97 Å². The second kappa shape index (κ2) is 4.53. The number of rotatable bonds is 3. The van der Waals surface area contributed by atoms with Crippen molar-refractivity contribution in [1.82, 2.24) is 9.80 Å². The fourth-order valence-corrected chi connectivity index (χ4v) is 2.79. The summed E-state index contributed by atoms with van der Waals surface area (Å²) >= 11 is 0. The fraction of sp³-hybridized carbons (Fsp3) is 0.846. The molecule has 18 heavy (non-hydrogen) atoms. The minimum absolute atomic E-state index is 0.00935. The van der Waals surface area contributed by atoms with E-state index in [4.69, 9.17) is 5.11 Å². The maximum absolute atomic E-state index is 12.6. The molecule has 102 valence electrons. The fourth-order valence-electron chi connectivity index (χ4n) is 2.79. The van der Waals surface area contributed by atoms with Gasteiger partial charge in [-0.3, -0.25) is 14.5 Å². The lowest BCUT2D eigenvalue weighted by atomic mass is 9.98. The maximum Gasteiger partial charge on any atom is 0.305 e.